The summed E-state index contributed by atoms with van der Waals surface area (Å²) in [5.41, 5.74) is 1.02. The van der Waals surface area contributed by atoms with Gasteiger partial charge in [0, 0.05) is 35.0 Å². The number of hydrogen-bond donors (Lipinski definition) is 2. The first-order chi connectivity index (χ1) is 12.2. The highest BCUT2D eigenvalue weighted by atomic mass is 79.9. The highest BCUT2D eigenvalue weighted by Gasteiger charge is 2.31. The molecule has 1 aliphatic heterocycles. The molecule has 2 N–H and O–H groups in total. The third kappa shape index (κ3) is 3.99. The summed E-state index contributed by atoms with van der Waals surface area (Å²) in [6, 6.07) is 11.2. The van der Waals surface area contributed by atoms with Gasteiger partial charge in [-0.3, -0.25) is 4.90 Å². The van der Waals surface area contributed by atoms with Gasteiger partial charge in [0.25, 0.3) is 0 Å². The van der Waals surface area contributed by atoms with E-state index < -0.39 is 0 Å². The van der Waals surface area contributed by atoms with E-state index in [-0.39, 0.29) is 6.10 Å². The molecule has 1 aromatic carbocycles. The summed E-state index contributed by atoms with van der Waals surface area (Å²) in [5.74, 6) is 0.964. The minimum Gasteiger partial charge on any atom is -0.391 e. The summed E-state index contributed by atoms with van der Waals surface area (Å²) in [6.45, 7) is 2.14. The van der Waals surface area contributed by atoms with E-state index in [1.54, 1.807) is 0 Å². The van der Waals surface area contributed by atoms with Crippen molar-refractivity contribution in [2.75, 3.05) is 18.4 Å². The molecule has 0 bridgehead atoms. The maximum Gasteiger partial charge on any atom is 0.126 e. The quantitative estimate of drug-likeness (QED) is 0.806. The zero-order chi connectivity index (χ0) is 17.2. The Hall–Kier alpha value is -1.17. The summed E-state index contributed by atoms with van der Waals surface area (Å²) >= 11 is 3.51. The minimum absolute atomic E-state index is 0.125. The molecule has 0 spiro atoms. The lowest BCUT2D eigenvalue weighted by atomic mass is 9.89. The first-order valence-electron chi connectivity index (χ1n) is 9.44. The molecule has 2 fully saturated rings. The molecule has 4 nitrogen and oxygen atoms in total. The molecule has 2 unspecified atom stereocenters. The summed E-state index contributed by atoms with van der Waals surface area (Å²) < 4.78 is 1.08. The molecule has 134 valence electrons. The lowest BCUT2D eigenvalue weighted by molar-refractivity contribution is 0.00992. The Labute approximate surface area is 157 Å². The van der Waals surface area contributed by atoms with E-state index in [2.05, 4.69) is 50.4 Å². The van der Waals surface area contributed by atoms with Gasteiger partial charge in [0.05, 0.1) is 11.6 Å². The second-order valence-electron chi connectivity index (χ2n) is 7.41. The van der Waals surface area contributed by atoms with Crippen molar-refractivity contribution in [1.82, 2.24) is 9.88 Å². The first kappa shape index (κ1) is 17.3. The molecule has 5 heteroatoms. The molecule has 0 amide bonds. The Morgan fingerprint density at radius 2 is 1.84 bits per heavy atom. The molecule has 2 aliphatic rings. The SMILES string of the molecule is OC1CCCCC1N1CCC(Nc2ccc3cc(Br)ccc3n2)CC1. The van der Waals surface area contributed by atoms with Gasteiger partial charge in [-0.1, -0.05) is 28.8 Å². The van der Waals surface area contributed by atoms with Crippen LogP contribution in [0.5, 0.6) is 0 Å². The van der Waals surface area contributed by atoms with Crippen LogP contribution in [0.2, 0.25) is 0 Å². The molecule has 1 saturated carbocycles. The van der Waals surface area contributed by atoms with Crippen LogP contribution in [0, 0.1) is 0 Å². The van der Waals surface area contributed by atoms with Gasteiger partial charge < -0.3 is 10.4 Å². The van der Waals surface area contributed by atoms with Crippen LogP contribution in [0.1, 0.15) is 38.5 Å². The van der Waals surface area contributed by atoms with Crippen molar-refractivity contribution in [3.8, 4) is 0 Å². The number of likely N-dealkylation sites (tertiary alicyclic amines) is 1. The van der Waals surface area contributed by atoms with Crippen LogP contribution in [0.25, 0.3) is 10.9 Å². The zero-order valence-electron chi connectivity index (χ0n) is 14.5. The smallest absolute Gasteiger partial charge is 0.126 e. The average molecular weight is 404 g/mol. The summed E-state index contributed by atoms with van der Waals surface area (Å²) in [5, 5.41) is 15.0. The van der Waals surface area contributed by atoms with Crippen molar-refractivity contribution in [1.29, 1.82) is 0 Å². The number of anilines is 1. The standard InChI is InChI=1S/C20H26BrN3O/c21-15-6-7-17-14(13-15)5-8-20(23-17)22-16-9-11-24(12-10-16)18-3-1-2-4-19(18)25/h5-8,13,16,18-19,25H,1-4,9-12H2,(H,22,23). The Kier molecular flexibility index (Phi) is 5.25. The van der Waals surface area contributed by atoms with Crippen LogP contribution in [-0.2, 0) is 0 Å². The number of aromatic nitrogens is 1. The maximum absolute atomic E-state index is 10.3. The lowest BCUT2D eigenvalue weighted by Crippen LogP contribution is -2.50. The largest absolute Gasteiger partial charge is 0.391 e. The molecule has 2 aromatic rings. The van der Waals surface area contributed by atoms with E-state index in [0.717, 1.165) is 60.0 Å². The van der Waals surface area contributed by atoms with Gasteiger partial charge in [-0.25, -0.2) is 4.98 Å². The lowest BCUT2D eigenvalue weighted by Gasteiger charge is -2.41. The van der Waals surface area contributed by atoms with Crippen molar-refractivity contribution in [3.63, 3.8) is 0 Å². The average Bonchev–Trinajstić information content (AvgIpc) is 2.63. The van der Waals surface area contributed by atoms with Gasteiger partial charge >= 0.3 is 0 Å². The number of rotatable bonds is 3. The Morgan fingerprint density at radius 1 is 1.04 bits per heavy atom. The minimum atomic E-state index is -0.125. The molecule has 0 radical (unpaired) electrons. The van der Waals surface area contributed by atoms with Crippen LogP contribution in [0.4, 0.5) is 5.82 Å². The fourth-order valence-corrected chi connectivity index (χ4v) is 4.66. The molecule has 1 saturated heterocycles. The van der Waals surface area contributed by atoms with Gasteiger partial charge in [0.15, 0.2) is 0 Å². The van der Waals surface area contributed by atoms with Crippen LogP contribution < -0.4 is 5.32 Å². The maximum atomic E-state index is 10.3. The van der Waals surface area contributed by atoms with E-state index in [1.165, 1.54) is 12.8 Å². The number of aliphatic hydroxyl groups is 1. The van der Waals surface area contributed by atoms with E-state index in [1.807, 2.05) is 6.07 Å². The van der Waals surface area contributed by atoms with Crippen molar-refractivity contribution < 1.29 is 5.11 Å². The van der Waals surface area contributed by atoms with Crippen molar-refractivity contribution in [2.45, 2.75) is 56.7 Å². The molecule has 1 aromatic heterocycles. The number of nitrogens with one attached hydrogen (secondary N) is 1. The summed E-state index contributed by atoms with van der Waals surface area (Å²) in [4.78, 5) is 7.25. The number of fused-ring (bicyclic) bond motifs is 1. The molecule has 1 aliphatic carbocycles. The fraction of sp³-hybridized carbons (Fsp3) is 0.550. The van der Waals surface area contributed by atoms with E-state index in [9.17, 15) is 5.11 Å². The van der Waals surface area contributed by atoms with Crippen molar-refractivity contribution in [2.24, 2.45) is 0 Å². The zero-order valence-corrected chi connectivity index (χ0v) is 16.1. The predicted octanol–water partition coefficient (Wildman–Crippen LogP) is 4.18. The topological polar surface area (TPSA) is 48.4 Å². The first-order valence-corrected chi connectivity index (χ1v) is 10.2. The number of benzene rings is 1. The Balaban J connectivity index is 1.36. The highest BCUT2D eigenvalue weighted by Crippen LogP contribution is 2.27. The van der Waals surface area contributed by atoms with E-state index in [0.29, 0.717) is 12.1 Å². The molecular formula is C20H26BrN3O. The number of aliphatic hydroxyl groups excluding tert-OH is 1. The summed E-state index contributed by atoms with van der Waals surface area (Å²) in [6.07, 6.45) is 6.67. The third-order valence-corrected chi connectivity index (χ3v) is 6.19. The van der Waals surface area contributed by atoms with Crippen LogP contribution >= 0.6 is 15.9 Å². The normalized spacial score (nSPS) is 26.0. The number of hydrogen-bond acceptors (Lipinski definition) is 4. The number of halogens is 1. The van der Waals surface area contributed by atoms with Gasteiger partial charge in [0.2, 0.25) is 0 Å². The van der Waals surface area contributed by atoms with Crippen molar-refractivity contribution in [3.05, 3.63) is 34.8 Å². The monoisotopic (exact) mass is 403 g/mol. The number of pyridine rings is 1. The van der Waals surface area contributed by atoms with Gasteiger partial charge in [-0.05, 0) is 56.0 Å². The molecule has 4 rings (SSSR count). The predicted molar refractivity (Wildman–Crippen MR) is 106 cm³/mol. The molecule has 25 heavy (non-hydrogen) atoms. The third-order valence-electron chi connectivity index (χ3n) is 5.70. The second-order valence-corrected chi connectivity index (χ2v) is 8.32. The Morgan fingerprint density at radius 3 is 2.64 bits per heavy atom. The van der Waals surface area contributed by atoms with E-state index in [4.69, 9.17) is 4.98 Å². The van der Waals surface area contributed by atoms with Crippen LogP contribution in [0.3, 0.4) is 0 Å². The molecule has 2 atom stereocenters. The fourth-order valence-electron chi connectivity index (χ4n) is 4.28. The number of piperidine rings is 1. The van der Waals surface area contributed by atoms with Crippen LogP contribution in [0.15, 0.2) is 34.8 Å². The second kappa shape index (κ2) is 7.60. The Bertz CT molecular complexity index is 730. The molecule has 2 heterocycles. The van der Waals surface area contributed by atoms with Gasteiger partial charge in [0.1, 0.15) is 5.82 Å². The highest BCUT2D eigenvalue weighted by molar-refractivity contribution is 9.10. The van der Waals surface area contributed by atoms with Gasteiger partial charge in [-0.15, -0.1) is 0 Å². The van der Waals surface area contributed by atoms with Crippen LogP contribution in [-0.4, -0.2) is 46.3 Å². The summed E-state index contributed by atoms with van der Waals surface area (Å²) in [7, 11) is 0. The molecular weight excluding hydrogens is 378 g/mol. The van der Waals surface area contributed by atoms with Crippen molar-refractivity contribution >= 4 is 32.7 Å². The number of nitrogens with zero attached hydrogens (tertiary/aromatic N) is 2. The van der Waals surface area contributed by atoms with Gasteiger partial charge in [-0.2, -0.15) is 0 Å². The van der Waals surface area contributed by atoms with E-state index >= 15 is 0 Å².